The fraction of sp³-hybridized carbons (Fsp3) is 0.750. The number of hydrogen-bond donors (Lipinski definition) is 1. The summed E-state index contributed by atoms with van der Waals surface area (Å²) in [5.74, 6) is 1.88. The molecule has 1 heterocycles. The SMILES string of the molecule is CCNCC1CCCCCC1CCc1cccs1. The first-order valence-electron chi connectivity index (χ1n) is 7.63. The molecule has 0 aliphatic heterocycles. The maximum absolute atomic E-state index is 3.57. The second kappa shape index (κ2) is 7.96. The van der Waals surface area contributed by atoms with Gasteiger partial charge in [0.1, 0.15) is 0 Å². The molecule has 18 heavy (non-hydrogen) atoms. The molecular weight excluding hydrogens is 238 g/mol. The number of thiophene rings is 1. The van der Waals surface area contributed by atoms with E-state index in [4.69, 9.17) is 0 Å². The van der Waals surface area contributed by atoms with E-state index in [-0.39, 0.29) is 0 Å². The van der Waals surface area contributed by atoms with Crippen LogP contribution in [0.25, 0.3) is 0 Å². The van der Waals surface area contributed by atoms with Crippen LogP contribution in [-0.4, -0.2) is 13.1 Å². The van der Waals surface area contributed by atoms with Crippen molar-refractivity contribution in [3.8, 4) is 0 Å². The van der Waals surface area contributed by atoms with Gasteiger partial charge >= 0.3 is 0 Å². The molecule has 102 valence electrons. The molecule has 1 aliphatic rings. The van der Waals surface area contributed by atoms with E-state index in [0.717, 1.165) is 18.4 Å². The second-order valence-electron chi connectivity index (χ2n) is 5.58. The third-order valence-electron chi connectivity index (χ3n) is 4.31. The van der Waals surface area contributed by atoms with Crippen molar-refractivity contribution in [3.05, 3.63) is 22.4 Å². The van der Waals surface area contributed by atoms with Crippen molar-refractivity contribution in [2.75, 3.05) is 13.1 Å². The average Bonchev–Trinajstić information content (AvgIpc) is 2.80. The molecule has 1 aliphatic carbocycles. The molecular formula is C16H27NS. The average molecular weight is 265 g/mol. The van der Waals surface area contributed by atoms with Crippen molar-refractivity contribution < 1.29 is 0 Å². The molecule has 1 aromatic rings. The number of nitrogens with one attached hydrogen (secondary N) is 1. The molecule has 0 spiro atoms. The van der Waals surface area contributed by atoms with Crippen LogP contribution >= 0.6 is 11.3 Å². The van der Waals surface area contributed by atoms with E-state index in [1.54, 1.807) is 4.88 Å². The van der Waals surface area contributed by atoms with Crippen LogP contribution < -0.4 is 5.32 Å². The van der Waals surface area contributed by atoms with Gasteiger partial charge in [-0.3, -0.25) is 0 Å². The highest BCUT2D eigenvalue weighted by Gasteiger charge is 2.23. The Labute approximate surface area is 116 Å². The van der Waals surface area contributed by atoms with Gasteiger partial charge in [-0.2, -0.15) is 0 Å². The summed E-state index contributed by atoms with van der Waals surface area (Å²) in [6, 6.07) is 4.48. The summed E-state index contributed by atoms with van der Waals surface area (Å²) in [6.07, 6.45) is 9.96. The van der Waals surface area contributed by atoms with E-state index in [0.29, 0.717) is 0 Å². The molecule has 0 amide bonds. The maximum atomic E-state index is 3.57. The van der Waals surface area contributed by atoms with Gasteiger partial charge in [-0.05, 0) is 55.6 Å². The summed E-state index contributed by atoms with van der Waals surface area (Å²) < 4.78 is 0. The van der Waals surface area contributed by atoms with Gasteiger partial charge < -0.3 is 5.32 Å². The summed E-state index contributed by atoms with van der Waals surface area (Å²) in [6.45, 7) is 4.58. The maximum Gasteiger partial charge on any atom is 0.00453 e. The summed E-state index contributed by atoms with van der Waals surface area (Å²) in [7, 11) is 0. The van der Waals surface area contributed by atoms with Crippen LogP contribution in [0, 0.1) is 11.8 Å². The summed E-state index contributed by atoms with van der Waals surface area (Å²) in [5, 5.41) is 5.78. The summed E-state index contributed by atoms with van der Waals surface area (Å²) >= 11 is 1.92. The molecule has 0 radical (unpaired) electrons. The zero-order valence-corrected chi connectivity index (χ0v) is 12.5. The standard InChI is InChI=1S/C16H27NS/c1-2-17-13-15-8-5-3-4-7-14(15)10-11-16-9-6-12-18-16/h6,9,12,14-15,17H,2-5,7-8,10-11,13H2,1H3. The van der Waals surface area contributed by atoms with Gasteiger partial charge in [0, 0.05) is 4.88 Å². The minimum absolute atomic E-state index is 0.924. The number of hydrogen-bond acceptors (Lipinski definition) is 2. The van der Waals surface area contributed by atoms with Gasteiger partial charge in [-0.1, -0.05) is 38.7 Å². The van der Waals surface area contributed by atoms with Crippen molar-refractivity contribution in [1.29, 1.82) is 0 Å². The van der Waals surface area contributed by atoms with Crippen LogP contribution in [0.4, 0.5) is 0 Å². The topological polar surface area (TPSA) is 12.0 Å². The molecule has 1 aromatic heterocycles. The fourth-order valence-corrected chi connectivity index (χ4v) is 3.95. The molecule has 1 saturated carbocycles. The lowest BCUT2D eigenvalue weighted by Gasteiger charge is -2.25. The van der Waals surface area contributed by atoms with Crippen molar-refractivity contribution in [2.45, 2.75) is 51.9 Å². The molecule has 2 unspecified atom stereocenters. The highest BCUT2D eigenvalue weighted by atomic mass is 32.1. The molecule has 2 atom stereocenters. The van der Waals surface area contributed by atoms with Gasteiger partial charge in [0.2, 0.25) is 0 Å². The van der Waals surface area contributed by atoms with E-state index in [9.17, 15) is 0 Å². The molecule has 0 bridgehead atoms. The van der Waals surface area contributed by atoms with Crippen LogP contribution in [0.2, 0.25) is 0 Å². The second-order valence-corrected chi connectivity index (χ2v) is 6.62. The third-order valence-corrected chi connectivity index (χ3v) is 5.25. The van der Waals surface area contributed by atoms with Gasteiger partial charge in [-0.25, -0.2) is 0 Å². The number of aryl methyl sites for hydroxylation is 1. The molecule has 0 saturated heterocycles. The zero-order chi connectivity index (χ0) is 12.6. The van der Waals surface area contributed by atoms with E-state index in [1.807, 2.05) is 11.3 Å². The van der Waals surface area contributed by atoms with Gasteiger partial charge in [-0.15, -0.1) is 11.3 Å². The Bertz CT molecular complexity index is 307. The first kappa shape index (κ1) is 14.1. The zero-order valence-electron chi connectivity index (χ0n) is 11.7. The fourth-order valence-electron chi connectivity index (χ4n) is 3.22. The van der Waals surface area contributed by atoms with E-state index in [1.165, 1.54) is 51.5 Å². The number of rotatable bonds is 6. The third kappa shape index (κ3) is 4.40. The normalized spacial score (nSPS) is 24.9. The molecule has 1 fully saturated rings. The first-order chi connectivity index (χ1) is 8.90. The molecule has 0 aromatic carbocycles. The Hall–Kier alpha value is -0.340. The van der Waals surface area contributed by atoms with Crippen molar-refractivity contribution >= 4 is 11.3 Å². The highest BCUT2D eigenvalue weighted by Crippen LogP contribution is 2.32. The molecule has 1 nitrogen and oxygen atoms in total. The lowest BCUT2D eigenvalue weighted by molar-refractivity contribution is 0.285. The quantitative estimate of drug-likeness (QED) is 0.747. The van der Waals surface area contributed by atoms with Gasteiger partial charge in [0.15, 0.2) is 0 Å². The largest absolute Gasteiger partial charge is 0.317 e. The first-order valence-corrected chi connectivity index (χ1v) is 8.51. The van der Waals surface area contributed by atoms with E-state index < -0.39 is 0 Å². The summed E-state index contributed by atoms with van der Waals surface area (Å²) in [5.41, 5.74) is 0. The lowest BCUT2D eigenvalue weighted by Crippen LogP contribution is -2.28. The minimum atomic E-state index is 0.924. The van der Waals surface area contributed by atoms with Crippen molar-refractivity contribution in [2.24, 2.45) is 11.8 Å². The van der Waals surface area contributed by atoms with Gasteiger partial charge in [0.05, 0.1) is 0 Å². The van der Waals surface area contributed by atoms with Crippen molar-refractivity contribution in [3.63, 3.8) is 0 Å². The molecule has 2 rings (SSSR count). The summed E-state index contributed by atoms with van der Waals surface area (Å²) in [4.78, 5) is 1.57. The van der Waals surface area contributed by atoms with Crippen LogP contribution in [0.3, 0.4) is 0 Å². The Morgan fingerprint density at radius 3 is 2.78 bits per heavy atom. The predicted molar refractivity (Wildman–Crippen MR) is 81.2 cm³/mol. The van der Waals surface area contributed by atoms with Crippen LogP contribution in [0.15, 0.2) is 17.5 Å². The van der Waals surface area contributed by atoms with Crippen LogP contribution in [0.5, 0.6) is 0 Å². The van der Waals surface area contributed by atoms with Crippen LogP contribution in [0.1, 0.15) is 50.3 Å². The smallest absolute Gasteiger partial charge is 0.00453 e. The Kier molecular flexibility index (Phi) is 6.22. The molecule has 1 N–H and O–H groups in total. The lowest BCUT2D eigenvalue weighted by atomic mass is 9.84. The van der Waals surface area contributed by atoms with Gasteiger partial charge in [0.25, 0.3) is 0 Å². The molecule has 2 heteroatoms. The van der Waals surface area contributed by atoms with Crippen molar-refractivity contribution in [1.82, 2.24) is 5.32 Å². The Morgan fingerprint density at radius 1 is 1.22 bits per heavy atom. The minimum Gasteiger partial charge on any atom is -0.317 e. The highest BCUT2D eigenvalue weighted by molar-refractivity contribution is 7.09. The van der Waals surface area contributed by atoms with E-state index >= 15 is 0 Å². The van der Waals surface area contributed by atoms with Crippen LogP contribution in [-0.2, 0) is 6.42 Å². The Morgan fingerprint density at radius 2 is 2.06 bits per heavy atom. The van der Waals surface area contributed by atoms with E-state index in [2.05, 4.69) is 29.8 Å². The predicted octanol–water partition coefficient (Wildman–Crippen LogP) is 4.49. The monoisotopic (exact) mass is 265 g/mol. The Balaban J connectivity index is 1.84.